The zero-order valence-corrected chi connectivity index (χ0v) is 7.31. The number of hydrogen-bond acceptors (Lipinski definition) is 2. The van der Waals surface area contributed by atoms with Gasteiger partial charge in [-0.15, -0.1) is 0 Å². The predicted octanol–water partition coefficient (Wildman–Crippen LogP) is 1.76. The summed E-state index contributed by atoms with van der Waals surface area (Å²) < 4.78 is 25.6. The van der Waals surface area contributed by atoms with E-state index in [0.717, 1.165) is 0 Å². The number of rotatable bonds is 5. The molecule has 0 aromatic rings. The second-order valence-electron chi connectivity index (χ2n) is 2.93. The lowest BCUT2D eigenvalue weighted by Gasteiger charge is -2.20. The lowest BCUT2D eigenvalue weighted by Crippen LogP contribution is -2.34. The third-order valence-electron chi connectivity index (χ3n) is 1.55. The number of Topliss-reactive ketones (excluding diaryl/α,β-unsaturated/α-hetero) is 1. The molecule has 0 saturated heterocycles. The van der Waals surface area contributed by atoms with Gasteiger partial charge in [0.15, 0.2) is 0 Å². The van der Waals surface area contributed by atoms with E-state index in [1.165, 1.54) is 6.92 Å². The molecule has 0 aliphatic rings. The highest BCUT2D eigenvalue weighted by Crippen LogP contribution is 2.26. The largest absolute Gasteiger partial charge is 0.386 e. The summed E-state index contributed by atoms with van der Waals surface area (Å²) in [5, 5.41) is 8.91. The molecular formula is C8H14F2O2. The summed E-state index contributed by atoms with van der Waals surface area (Å²) >= 11 is 0. The molecule has 0 amide bonds. The highest BCUT2D eigenvalue weighted by atomic mass is 19.3. The van der Waals surface area contributed by atoms with Crippen LogP contribution in [0.15, 0.2) is 0 Å². The fraction of sp³-hybridized carbons (Fsp3) is 0.875. The van der Waals surface area contributed by atoms with Crippen LogP contribution in [0.25, 0.3) is 0 Å². The summed E-state index contributed by atoms with van der Waals surface area (Å²) in [6.07, 6.45) is -2.37. The summed E-state index contributed by atoms with van der Waals surface area (Å²) in [6.45, 7) is 2.79. The highest BCUT2D eigenvalue weighted by molar-refractivity contribution is 5.76. The topological polar surface area (TPSA) is 37.3 Å². The molecular weight excluding hydrogens is 166 g/mol. The van der Waals surface area contributed by atoms with Crippen LogP contribution in [0, 0.1) is 0 Å². The number of ketones is 1. The molecule has 0 aliphatic carbocycles. The minimum Gasteiger partial charge on any atom is -0.386 e. The van der Waals surface area contributed by atoms with Gasteiger partial charge in [-0.1, -0.05) is 13.3 Å². The molecule has 0 aromatic heterocycles. The van der Waals surface area contributed by atoms with Crippen LogP contribution in [0.5, 0.6) is 0 Å². The molecule has 0 bridgehead atoms. The van der Waals surface area contributed by atoms with Gasteiger partial charge in [0, 0.05) is 12.8 Å². The molecule has 0 heterocycles. The van der Waals surface area contributed by atoms with Gasteiger partial charge in [-0.05, 0) is 6.92 Å². The first kappa shape index (κ1) is 11.5. The van der Waals surface area contributed by atoms with E-state index >= 15 is 0 Å². The third kappa shape index (κ3) is 3.76. The van der Waals surface area contributed by atoms with E-state index < -0.39 is 24.2 Å². The van der Waals surface area contributed by atoms with Gasteiger partial charge in [-0.25, -0.2) is 8.78 Å². The van der Waals surface area contributed by atoms with Crippen molar-refractivity contribution >= 4 is 5.78 Å². The molecule has 72 valence electrons. The average molecular weight is 180 g/mol. The lowest BCUT2D eigenvalue weighted by molar-refractivity contribution is -0.136. The van der Waals surface area contributed by atoms with E-state index in [-0.39, 0.29) is 6.42 Å². The number of carbonyl (C=O) groups excluding carboxylic acids is 1. The number of carbonyl (C=O) groups is 1. The Morgan fingerprint density at radius 2 is 2.08 bits per heavy atom. The Labute approximate surface area is 70.6 Å². The van der Waals surface area contributed by atoms with Crippen molar-refractivity contribution < 1.29 is 18.7 Å². The lowest BCUT2D eigenvalue weighted by atomic mass is 10.0. The smallest absolute Gasteiger partial charge is 0.273 e. The Bertz CT molecular complexity index is 157. The molecule has 2 nitrogen and oxygen atoms in total. The highest BCUT2D eigenvalue weighted by Gasteiger charge is 2.37. The summed E-state index contributed by atoms with van der Waals surface area (Å²) in [6, 6.07) is 0. The number of hydrogen-bond donors (Lipinski definition) is 1. The van der Waals surface area contributed by atoms with Crippen LogP contribution in [-0.2, 0) is 4.79 Å². The van der Waals surface area contributed by atoms with E-state index in [4.69, 9.17) is 5.11 Å². The van der Waals surface area contributed by atoms with E-state index in [2.05, 4.69) is 0 Å². The van der Waals surface area contributed by atoms with E-state index in [0.29, 0.717) is 6.42 Å². The zero-order valence-electron chi connectivity index (χ0n) is 7.31. The Morgan fingerprint density at radius 1 is 1.58 bits per heavy atom. The molecule has 0 rings (SSSR count). The Hall–Kier alpha value is -0.510. The van der Waals surface area contributed by atoms with Crippen molar-refractivity contribution in [3.8, 4) is 0 Å². The van der Waals surface area contributed by atoms with Crippen LogP contribution in [0.2, 0.25) is 0 Å². The number of aliphatic hydroxyl groups is 1. The van der Waals surface area contributed by atoms with Gasteiger partial charge in [0.1, 0.15) is 11.9 Å². The van der Waals surface area contributed by atoms with Gasteiger partial charge >= 0.3 is 0 Å². The quantitative estimate of drug-likeness (QED) is 0.700. The van der Waals surface area contributed by atoms with Crippen LogP contribution >= 0.6 is 0 Å². The van der Waals surface area contributed by atoms with Crippen LogP contribution in [0.1, 0.15) is 33.1 Å². The fourth-order valence-electron chi connectivity index (χ4n) is 0.922. The van der Waals surface area contributed by atoms with Gasteiger partial charge in [-0.3, -0.25) is 4.79 Å². The molecule has 1 atom stereocenters. The summed E-state index contributed by atoms with van der Waals surface area (Å²) in [5.41, 5.74) is 0. The maximum absolute atomic E-state index is 12.8. The molecule has 0 spiro atoms. The number of aliphatic hydroxyl groups excluding tert-OH is 1. The third-order valence-corrected chi connectivity index (χ3v) is 1.55. The predicted molar refractivity (Wildman–Crippen MR) is 41.2 cm³/mol. The molecule has 12 heavy (non-hydrogen) atoms. The summed E-state index contributed by atoms with van der Waals surface area (Å²) in [4.78, 5) is 10.4. The van der Waals surface area contributed by atoms with Crippen LogP contribution in [0.4, 0.5) is 8.78 Å². The van der Waals surface area contributed by atoms with E-state index in [1.807, 2.05) is 0 Å². The van der Waals surface area contributed by atoms with Crippen molar-refractivity contribution in [2.75, 3.05) is 0 Å². The first-order chi connectivity index (χ1) is 5.40. The van der Waals surface area contributed by atoms with Gasteiger partial charge in [0.05, 0.1) is 0 Å². The molecule has 0 aromatic carbocycles. The van der Waals surface area contributed by atoms with Crippen molar-refractivity contribution in [3.63, 3.8) is 0 Å². The molecule has 0 aliphatic heterocycles. The summed E-state index contributed by atoms with van der Waals surface area (Å²) in [7, 11) is 0. The maximum atomic E-state index is 12.8. The monoisotopic (exact) mass is 180 g/mol. The number of halogens is 2. The minimum absolute atomic E-state index is 0.294. The Morgan fingerprint density at radius 3 is 2.42 bits per heavy atom. The maximum Gasteiger partial charge on any atom is 0.273 e. The van der Waals surface area contributed by atoms with Crippen LogP contribution in [0.3, 0.4) is 0 Å². The summed E-state index contributed by atoms with van der Waals surface area (Å²) in [5.74, 6) is -3.54. The van der Waals surface area contributed by atoms with Gasteiger partial charge in [-0.2, -0.15) is 0 Å². The Kier molecular flexibility index (Phi) is 4.31. The standard InChI is InChI=1S/C8H14F2O2/c1-3-4-8(9,10)7(12)5-6(2)11/h7,12H,3-5H2,1-2H3. The second-order valence-corrected chi connectivity index (χ2v) is 2.93. The normalized spacial score (nSPS) is 14.4. The molecule has 1 N–H and O–H groups in total. The van der Waals surface area contributed by atoms with Gasteiger partial charge < -0.3 is 5.11 Å². The van der Waals surface area contributed by atoms with Crippen molar-refractivity contribution in [2.24, 2.45) is 0 Å². The second kappa shape index (κ2) is 4.50. The first-order valence-electron chi connectivity index (χ1n) is 3.95. The average Bonchev–Trinajstić information content (AvgIpc) is 1.85. The van der Waals surface area contributed by atoms with E-state index in [1.54, 1.807) is 6.92 Å². The van der Waals surface area contributed by atoms with Gasteiger partial charge in [0.2, 0.25) is 0 Å². The Balaban J connectivity index is 4.04. The first-order valence-corrected chi connectivity index (χ1v) is 3.95. The van der Waals surface area contributed by atoms with Crippen molar-refractivity contribution in [2.45, 2.75) is 45.1 Å². The molecule has 1 unspecified atom stereocenters. The van der Waals surface area contributed by atoms with Crippen molar-refractivity contribution in [3.05, 3.63) is 0 Å². The van der Waals surface area contributed by atoms with Crippen LogP contribution < -0.4 is 0 Å². The molecule has 4 heteroatoms. The van der Waals surface area contributed by atoms with Crippen LogP contribution in [-0.4, -0.2) is 22.9 Å². The SMILES string of the molecule is CCCC(F)(F)C(O)CC(C)=O. The van der Waals surface area contributed by atoms with Gasteiger partial charge in [0.25, 0.3) is 5.92 Å². The van der Waals surface area contributed by atoms with Crippen molar-refractivity contribution in [1.82, 2.24) is 0 Å². The minimum atomic E-state index is -3.12. The number of alkyl halides is 2. The molecule has 0 fully saturated rings. The van der Waals surface area contributed by atoms with Crippen molar-refractivity contribution in [1.29, 1.82) is 0 Å². The van der Waals surface area contributed by atoms with E-state index in [9.17, 15) is 13.6 Å². The molecule has 0 saturated carbocycles. The molecule has 0 radical (unpaired) electrons. The fourth-order valence-corrected chi connectivity index (χ4v) is 0.922. The zero-order chi connectivity index (χ0) is 9.78.